The third-order valence-corrected chi connectivity index (χ3v) is 4.24. The highest BCUT2D eigenvalue weighted by atomic mass is 79.9. The van der Waals surface area contributed by atoms with Crippen LogP contribution in [0.5, 0.6) is 0 Å². The number of halogens is 3. The van der Waals surface area contributed by atoms with Gasteiger partial charge in [0.05, 0.1) is 4.47 Å². The Morgan fingerprint density at radius 2 is 2.00 bits per heavy atom. The molecule has 20 heavy (non-hydrogen) atoms. The molecule has 0 bridgehead atoms. The maximum atomic E-state index is 13.1. The summed E-state index contributed by atoms with van der Waals surface area (Å²) in [6.45, 7) is 0.473. The Morgan fingerprint density at radius 3 is 2.60 bits per heavy atom. The Labute approximate surface area is 133 Å². The number of nitrogens with two attached hydrogens (primary N) is 1. The third-order valence-electron chi connectivity index (χ3n) is 3.63. The van der Waals surface area contributed by atoms with Crippen molar-refractivity contribution in [2.75, 3.05) is 6.54 Å². The van der Waals surface area contributed by atoms with Gasteiger partial charge in [-0.05, 0) is 47.0 Å². The van der Waals surface area contributed by atoms with E-state index in [9.17, 15) is 9.18 Å². The minimum Gasteiger partial charge on any atom is -0.350 e. The van der Waals surface area contributed by atoms with E-state index in [1.54, 1.807) is 0 Å². The van der Waals surface area contributed by atoms with Gasteiger partial charge in [0.1, 0.15) is 5.82 Å². The van der Waals surface area contributed by atoms with Crippen LogP contribution in [0.25, 0.3) is 0 Å². The van der Waals surface area contributed by atoms with Crippen LogP contribution in [0.2, 0.25) is 0 Å². The number of hydrogen-bond acceptors (Lipinski definition) is 2. The average Bonchev–Trinajstić information content (AvgIpc) is 2.40. The van der Waals surface area contributed by atoms with Gasteiger partial charge in [-0.15, -0.1) is 12.4 Å². The van der Waals surface area contributed by atoms with Gasteiger partial charge in [-0.25, -0.2) is 4.39 Å². The second-order valence-corrected chi connectivity index (χ2v) is 6.09. The lowest BCUT2D eigenvalue weighted by atomic mass is 9.82. The molecule has 0 atom stereocenters. The zero-order chi connectivity index (χ0) is 13.9. The minimum atomic E-state index is -0.376. The van der Waals surface area contributed by atoms with Crippen LogP contribution in [0.15, 0.2) is 22.7 Å². The highest BCUT2D eigenvalue weighted by Gasteiger charge is 2.27. The van der Waals surface area contributed by atoms with Crippen LogP contribution in [0, 0.1) is 5.82 Å². The second-order valence-electron chi connectivity index (χ2n) is 5.23. The van der Waals surface area contributed by atoms with Crippen molar-refractivity contribution in [1.29, 1.82) is 0 Å². The molecule has 3 nitrogen and oxygen atoms in total. The van der Waals surface area contributed by atoms with Crippen molar-refractivity contribution < 1.29 is 9.18 Å². The maximum absolute atomic E-state index is 13.1. The van der Waals surface area contributed by atoms with Crippen LogP contribution in [0.3, 0.4) is 0 Å². The summed E-state index contributed by atoms with van der Waals surface area (Å²) in [5.74, 6) is -0.588. The fourth-order valence-corrected chi connectivity index (χ4v) is 2.81. The SMILES string of the molecule is Cl.NC1(CNC(=O)c2ccc(F)c(Br)c2)CCCCC1. The van der Waals surface area contributed by atoms with E-state index in [0.29, 0.717) is 16.6 Å². The molecule has 0 spiro atoms. The summed E-state index contributed by atoms with van der Waals surface area (Å²) < 4.78 is 13.4. The Bertz CT molecular complexity index is 478. The first-order chi connectivity index (χ1) is 9.00. The lowest BCUT2D eigenvalue weighted by molar-refractivity contribution is 0.0937. The van der Waals surface area contributed by atoms with E-state index in [1.165, 1.54) is 24.6 Å². The zero-order valence-corrected chi connectivity index (χ0v) is 13.5. The van der Waals surface area contributed by atoms with Crippen molar-refractivity contribution >= 4 is 34.2 Å². The Morgan fingerprint density at radius 1 is 1.35 bits per heavy atom. The molecule has 1 fully saturated rings. The molecule has 0 saturated heterocycles. The van der Waals surface area contributed by atoms with Gasteiger partial charge in [0.25, 0.3) is 5.91 Å². The van der Waals surface area contributed by atoms with E-state index in [2.05, 4.69) is 21.2 Å². The van der Waals surface area contributed by atoms with E-state index >= 15 is 0 Å². The predicted octanol–water partition coefficient (Wildman–Crippen LogP) is 3.40. The average molecular weight is 366 g/mol. The van der Waals surface area contributed by atoms with Gasteiger partial charge in [0, 0.05) is 17.6 Å². The summed E-state index contributed by atoms with van der Waals surface area (Å²) in [7, 11) is 0. The predicted molar refractivity (Wildman–Crippen MR) is 83.7 cm³/mol. The molecule has 6 heteroatoms. The first-order valence-electron chi connectivity index (χ1n) is 6.52. The van der Waals surface area contributed by atoms with Gasteiger partial charge in [0.15, 0.2) is 0 Å². The fourth-order valence-electron chi connectivity index (χ4n) is 2.43. The Kier molecular flexibility index (Phi) is 6.43. The summed E-state index contributed by atoms with van der Waals surface area (Å²) >= 11 is 3.07. The molecular formula is C14H19BrClFN2O. The molecule has 1 amide bonds. The minimum absolute atomic E-state index is 0. The molecule has 0 radical (unpaired) electrons. The lowest BCUT2D eigenvalue weighted by Crippen LogP contribution is -2.51. The smallest absolute Gasteiger partial charge is 0.251 e. The van der Waals surface area contributed by atoms with E-state index in [0.717, 1.165) is 25.7 Å². The number of hydrogen-bond donors (Lipinski definition) is 2. The van der Waals surface area contributed by atoms with Crippen molar-refractivity contribution in [3.8, 4) is 0 Å². The van der Waals surface area contributed by atoms with Crippen molar-refractivity contribution in [3.63, 3.8) is 0 Å². The van der Waals surface area contributed by atoms with Crippen molar-refractivity contribution in [2.45, 2.75) is 37.6 Å². The van der Waals surface area contributed by atoms with E-state index < -0.39 is 0 Å². The summed E-state index contributed by atoms with van der Waals surface area (Å²) in [5, 5.41) is 2.85. The van der Waals surface area contributed by atoms with Gasteiger partial charge >= 0.3 is 0 Å². The third kappa shape index (κ3) is 4.43. The number of amides is 1. The van der Waals surface area contributed by atoms with Gasteiger partial charge in [0.2, 0.25) is 0 Å². The highest BCUT2D eigenvalue weighted by molar-refractivity contribution is 9.10. The molecular weight excluding hydrogens is 347 g/mol. The molecule has 1 aromatic rings. The molecule has 0 heterocycles. The van der Waals surface area contributed by atoms with Crippen LogP contribution in [-0.4, -0.2) is 18.0 Å². The Hall–Kier alpha value is -0.650. The highest BCUT2D eigenvalue weighted by Crippen LogP contribution is 2.25. The van der Waals surface area contributed by atoms with Crippen LogP contribution < -0.4 is 11.1 Å². The van der Waals surface area contributed by atoms with E-state index in [1.807, 2.05) is 0 Å². The monoisotopic (exact) mass is 364 g/mol. The van der Waals surface area contributed by atoms with Gasteiger partial charge in [-0.3, -0.25) is 4.79 Å². The first kappa shape index (κ1) is 17.4. The molecule has 2 rings (SSSR count). The number of rotatable bonds is 3. The number of carbonyl (C=O) groups excluding carboxylic acids is 1. The number of benzene rings is 1. The van der Waals surface area contributed by atoms with E-state index in [-0.39, 0.29) is 29.7 Å². The quantitative estimate of drug-likeness (QED) is 0.862. The Balaban J connectivity index is 0.00000200. The summed E-state index contributed by atoms with van der Waals surface area (Å²) in [6, 6.07) is 4.23. The lowest BCUT2D eigenvalue weighted by Gasteiger charge is -2.33. The van der Waals surface area contributed by atoms with Crippen LogP contribution in [-0.2, 0) is 0 Å². The number of carbonyl (C=O) groups is 1. The molecule has 0 unspecified atom stereocenters. The second kappa shape index (κ2) is 7.38. The molecule has 1 saturated carbocycles. The summed E-state index contributed by atoms with van der Waals surface area (Å²) in [4.78, 5) is 12.0. The standard InChI is InChI=1S/C14H18BrFN2O.ClH/c15-11-8-10(4-5-12(11)16)13(19)18-9-14(17)6-2-1-3-7-14;/h4-5,8H,1-3,6-7,9,17H2,(H,18,19);1H. The van der Waals surface area contributed by atoms with Crippen LogP contribution in [0.4, 0.5) is 4.39 Å². The molecule has 0 aliphatic heterocycles. The van der Waals surface area contributed by atoms with Crippen LogP contribution in [0.1, 0.15) is 42.5 Å². The van der Waals surface area contributed by atoms with Gasteiger partial charge in [-0.1, -0.05) is 19.3 Å². The maximum Gasteiger partial charge on any atom is 0.251 e. The number of nitrogens with one attached hydrogen (secondary N) is 1. The topological polar surface area (TPSA) is 55.1 Å². The molecule has 1 aromatic carbocycles. The summed E-state index contributed by atoms with van der Waals surface area (Å²) in [5.41, 5.74) is 6.41. The van der Waals surface area contributed by atoms with Crippen LogP contribution >= 0.6 is 28.3 Å². The molecule has 112 valence electrons. The van der Waals surface area contributed by atoms with Crippen molar-refractivity contribution in [1.82, 2.24) is 5.32 Å². The summed E-state index contributed by atoms with van der Waals surface area (Å²) in [6.07, 6.45) is 5.35. The van der Waals surface area contributed by atoms with Gasteiger partial charge < -0.3 is 11.1 Å². The van der Waals surface area contributed by atoms with Crippen molar-refractivity contribution in [3.05, 3.63) is 34.1 Å². The van der Waals surface area contributed by atoms with Crippen molar-refractivity contribution in [2.24, 2.45) is 5.73 Å². The molecule has 0 aromatic heterocycles. The fraction of sp³-hybridized carbons (Fsp3) is 0.500. The van der Waals surface area contributed by atoms with E-state index in [4.69, 9.17) is 5.73 Å². The van der Waals surface area contributed by atoms with Gasteiger partial charge in [-0.2, -0.15) is 0 Å². The first-order valence-corrected chi connectivity index (χ1v) is 7.32. The largest absolute Gasteiger partial charge is 0.350 e. The normalized spacial score (nSPS) is 17.1. The molecule has 3 N–H and O–H groups in total. The molecule has 1 aliphatic rings. The molecule has 1 aliphatic carbocycles. The zero-order valence-electron chi connectivity index (χ0n) is 11.1.